The Morgan fingerprint density at radius 1 is 0.902 bits per heavy atom. The number of carbonyl (C=O) groups is 1. The number of nitrogens with one attached hydrogen (secondary N) is 1. The minimum atomic E-state index is -0.124. The van der Waals surface area contributed by atoms with Gasteiger partial charge in [0, 0.05) is 23.5 Å². The summed E-state index contributed by atoms with van der Waals surface area (Å²) in [6.07, 6.45) is 15.8. The van der Waals surface area contributed by atoms with Gasteiger partial charge in [-0.1, -0.05) is 123 Å². The Labute approximate surface area is 254 Å². The normalized spacial score (nSPS) is 13.4. The van der Waals surface area contributed by atoms with Crippen LogP contribution < -0.4 is 10.1 Å². The molecule has 0 saturated heterocycles. The van der Waals surface area contributed by atoms with E-state index in [0.29, 0.717) is 12.2 Å². The molecule has 2 aromatic rings. The van der Waals surface area contributed by atoms with E-state index in [1.165, 1.54) is 81.9 Å². The van der Waals surface area contributed by atoms with E-state index in [9.17, 15) is 4.79 Å². The Morgan fingerprint density at radius 2 is 1.54 bits per heavy atom. The van der Waals surface area contributed by atoms with Crippen LogP contribution >= 0.6 is 11.8 Å². The van der Waals surface area contributed by atoms with Crippen molar-refractivity contribution < 1.29 is 9.53 Å². The number of para-hydroxylation sites is 1. The Balaban J connectivity index is 1.51. The predicted molar refractivity (Wildman–Crippen MR) is 178 cm³/mol. The first-order chi connectivity index (χ1) is 19.8. The van der Waals surface area contributed by atoms with E-state index in [1.54, 1.807) is 0 Å². The number of thioether (sulfide) groups is 1. The van der Waals surface area contributed by atoms with Gasteiger partial charge >= 0.3 is 0 Å². The molecule has 1 N–H and O–H groups in total. The fourth-order valence-corrected chi connectivity index (χ4v) is 6.28. The number of unbranched alkanes of at least 4 members (excludes halogenated alkanes) is 11. The fourth-order valence-electron chi connectivity index (χ4n) is 5.34. The molecule has 0 radical (unpaired) electrons. The van der Waals surface area contributed by atoms with Crippen LogP contribution in [0.15, 0.2) is 53.6 Å². The molecule has 2 aromatic carbocycles. The van der Waals surface area contributed by atoms with Crippen molar-refractivity contribution in [2.24, 2.45) is 0 Å². The Bertz CT molecular complexity index is 1100. The lowest BCUT2D eigenvalue weighted by atomic mass is 9.85. The third-order valence-corrected chi connectivity index (χ3v) is 8.82. The lowest BCUT2D eigenvalue weighted by Gasteiger charge is -2.25. The summed E-state index contributed by atoms with van der Waals surface area (Å²) < 4.78 is 6.39. The molecule has 0 aromatic heterocycles. The molecule has 1 aliphatic heterocycles. The topological polar surface area (TPSA) is 41.6 Å². The summed E-state index contributed by atoms with van der Waals surface area (Å²) in [6, 6.07) is 14.1. The standard InChI is InChI=1S/C36H54N2O2S/c1-6-7-8-9-10-11-12-13-14-15-16-17-24-40-34-32(22-19-23-33(34)36(3,4)5)35(39)37-31-21-18-20-30(25-31)26-38-28-41-27-29(38)2/h18-23,25,27H,6-17,24,26,28H2,1-5H3,(H,37,39). The first-order valence-electron chi connectivity index (χ1n) is 16.0. The van der Waals surface area contributed by atoms with Gasteiger partial charge in [0.1, 0.15) is 5.75 Å². The quantitative estimate of drug-likeness (QED) is 0.179. The molecule has 0 bridgehead atoms. The van der Waals surface area contributed by atoms with Crippen LogP contribution in [0.5, 0.6) is 5.75 Å². The summed E-state index contributed by atoms with van der Waals surface area (Å²) in [5.74, 6) is 1.58. The number of carbonyl (C=O) groups excluding carboxylic acids is 1. The molecular weight excluding hydrogens is 524 g/mol. The maximum Gasteiger partial charge on any atom is 0.259 e. The Kier molecular flexibility index (Phi) is 14.2. The highest BCUT2D eigenvalue weighted by Gasteiger charge is 2.24. The predicted octanol–water partition coefficient (Wildman–Crippen LogP) is 10.7. The molecule has 0 fully saturated rings. The molecule has 1 aliphatic rings. The van der Waals surface area contributed by atoms with Gasteiger partial charge in [0.25, 0.3) is 5.91 Å². The van der Waals surface area contributed by atoms with Gasteiger partial charge < -0.3 is 15.0 Å². The van der Waals surface area contributed by atoms with Gasteiger partial charge in [-0.2, -0.15) is 0 Å². The van der Waals surface area contributed by atoms with Crippen molar-refractivity contribution in [2.75, 3.05) is 17.8 Å². The highest BCUT2D eigenvalue weighted by Crippen LogP contribution is 2.35. The lowest BCUT2D eigenvalue weighted by molar-refractivity contribution is 0.102. The van der Waals surface area contributed by atoms with Crippen LogP contribution in [0.1, 0.15) is 133 Å². The zero-order valence-corrected chi connectivity index (χ0v) is 27.2. The average Bonchev–Trinajstić information content (AvgIpc) is 3.34. The number of rotatable bonds is 18. The number of ether oxygens (including phenoxy) is 1. The van der Waals surface area contributed by atoms with Gasteiger partial charge in [0.2, 0.25) is 0 Å². The van der Waals surface area contributed by atoms with Crippen LogP contribution in [0.3, 0.4) is 0 Å². The van der Waals surface area contributed by atoms with Gasteiger partial charge in [-0.3, -0.25) is 4.79 Å². The maximum atomic E-state index is 13.5. The average molecular weight is 579 g/mol. The molecular formula is C36H54N2O2S. The number of hydrogen-bond donors (Lipinski definition) is 1. The second-order valence-corrected chi connectivity index (χ2v) is 13.4. The zero-order chi connectivity index (χ0) is 29.5. The van der Waals surface area contributed by atoms with Crippen molar-refractivity contribution >= 4 is 23.4 Å². The monoisotopic (exact) mass is 578 g/mol. The van der Waals surface area contributed by atoms with Crippen molar-refractivity contribution in [3.8, 4) is 5.75 Å². The summed E-state index contributed by atoms with van der Waals surface area (Å²) >= 11 is 1.82. The first-order valence-corrected chi connectivity index (χ1v) is 17.0. The number of amides is 1. The molecule has 3 rings (SSSR count). The van der Waals surface area contributed by atoms with Crippen LogP contribution in [0, 0.1) is 0 Å². The SMILES string of the molecule is CCCCCCCCCCCCCCOc1c(C(=O)Nc2cccc(CN3CSC=C3C)c2)cccc1C(C)(C)C. The van der Waals surface area contributed by atoms with Crippen LogP contribution in [0.25, 0.3) is 0 Å². The van der Waals surface area contributed by atoms with Crippen LogP contribution in [0.2, 0.25) is 0 Å². The number of hydrogen-bond acceptors (Lipinski definition) is 4. The molecule has 4 nitrogen and oxygen atoms in total. The molecule has 1 amide bonds. The highest BCUT2D eigenvalue weighted by atomic mass is 32.2. The molecule has 0 unspecified atom stereocenters. The number of allylic oxidation sites excluding steroid dienone is 1. The van der Waals surface area contributed by atoms with Crippen molar-refractivity contribution in [2.45, 2.75) is 124 Å². The van der Waals surface area contributed by atoms with Gasteiger partial charge in [-0.25, -0.2) is 0 Å². The molecule has 0 atom stereocenters. The van der Waals surface area contributed by atoms with E-state index in [2.05, 4.69) is 68.4 Å². The second-order valence-electron chi connectivity index (χ2n) is 12.6. The van der Waals surface area contributed by atoms with E-state index < -0.39 is 0 Å². The molecule has 5 heteroatoms. The van der Waals surface area contributed by atoms with Crippen LogP contribution in [-0.4, -0.2) is 23.3 Å². The van der Waals surface area contributed by atoms with E-state index >= 15 is 0 Å². The number of anilines is 1. The van der Waals surface area contributed by atoms with E-state index in [1.807, 2.05) is 36.0 Å². The van der Waals surface area contributed by atoms with Crippen molar-refractivity contribution in [1.29, 1.82) is 0 Å². The van der Waals surface area contributed by atoms with Gasteiger partial charge in [-0.05, 0) is 47.9 Å². The molecule has 0 saturated carbocycles. The molecule has 0 aliphatic carbocycles. The minimum absolute atomic E-state index is 0.120. The van der Waals surface area contributed by atoms with Crippen LogP contribution in [-0.2, 0) is 12.0 Å². The second kappa shape index (κ2) is 17.5. The van der Waals surface area contributed by atoms with E-state index in [4.69, 9.17) is 4.74 Å². The summed E-state index contributed by atoms with van der Waals surface area (Å²) in [4.78, 5) is 15.9. The van der Waals surface area contributed by atoms with Gasteiger partial charge in [0.05, 0.1) is 18.0 Å². The third-order valence-electron chi connectivity index (χ3n) is 7.85. The molecule has 226 valence electrons. The number of nitrogens with zero attached hydrogens (tertiary/aromatic N) is 1. The van der Waals surface area contributed by atoms with Gasteiger partial charge in [0.15, 0.2) is 0 Å². The third kappa shape index (κ3) is 11.4. The summed E-state index contributed by atoms with van der Waals surface area (Å²) in [5, 5.41) is 5.35. The Hall–Kier alpha value is -2.40. The smallest absolute Gasteiger partial charge is 0.259 e. The van der Waals surface area contributed by atoms with E-state index in [-0.39, 0.29) is 11.3 Å². The van der Waals surface area contributed by atoms with Gasteiger partial charge in [-0.15, -0.1) is 11.8 Å². The maximum absolute atomic E-state index is 13.5. The number of benzene rings is 2. The molecule has 1 heterocycles. The highest BCUT2D eigenvalue weighted by molar-refractivity contribution is 8.02. The Morgan fingerprint density at radius 3 is 2.15 bits per heavy atom. The van der Waals surface area contributed by atoms with E-state index in [0.717, 1.165) is 35.8 Å². The lowest BCUT2D eigenvalue weighted by Crippen LogP contribution is -2.20. The summed E-state index contributed by atoms with van der Waals surface area (Å²) in [7, 11) is 0. The van der Waals surface area contributed by atoms with Crippen LogP contribution in [0.4, 0.5) is 5.69 Å². The van der Waals surface area contributed by atoms with Crippen molar-refractivity contribution in [3.63, 3.8) is 0 Å². The molecule has 0 spiro atoms. The fraction of sp³-hybridized carbons (Fsp3) is 0.583. The molecule has 41 heavy (non-hydrogen) atoms. The summed E-state index contributed by atoms with van der Waals surface area (Å²) in [6.45, 7) is 12.4. The van der Waals surface area contributed by atoms with Crippen molar-refractivity contribution in [1.82, 2.24) is 4.90 Å². The first kappa shape index (κ1) is 33.1. The summed E-state index contributed by atoms with van der Waals surface area (Å²) in [5.41, 5.74) is 4.85. The zero-order valence-electron chi connectivity index (χ0n) is 26.4. The van der Waals surface area contributed by atoms with Crippen molar-refractivity contribution in [3.05, 3.63) is 70.3 Å². The minimum Gasteiger partial charge on any atom is -0.492 e. The largest absolute Gasteiger partial charge is 0.492 e.